The number of aryl methyl sites for hydroxylation is 1. The lowest BCUT2D eigenvalue weighted by molar-refractivity contribution is -0.166. The second-order valence-electron chi connectivity index (χ2n) is 3.82. The van der Waals surface area contributed by atoms with Crippen molar-refractivity contribution >= 4 is 0 Å². The topological polar surface area (TPSA) is 42.7 Å². The number of nitrogens with one attached hydrogen (secondary N) is 1. The molecule has 0 aliphatic heterocycles. The molecule has 1 aliphatic carbocycles. The summed E-state index contributed by atoms with van der Waals surface area (Å²) in [4.78, 5) is 0. The zero-order valence-corrected chi connectivity index (χ0v) is 8.17. The second-order valence-corrected chi connectivity index (χ2v) is 3.82. The molecular formula is C8H11F3N4. The van der Waals surface area contributed by atoms with Crippen LogP contribution in [-0.4, -0.2) is 26.7 Å². The number of rotatable bonds is 3. The van der Waals surface area contributed by atoms with Crippen molar-refractivity contribution < 1.29 is 13.2 Å². The van der Waals surface area contributed by atoms with E-state index in [0.717, 1.165) is 0 Å². The molecule has 15 heavy (non-hydrogen) atoms. The van der Waals surface area contributed by atoms with Crippen LogP contribution in [0.4, 0.5) is 13.2 Å². The predicted octanol–water partition coefficient (Wildman–Crippen LogP) is 1.000. The highest BCUT2D eigenvalue weighted by atomic mass is 19.4. The number of hydrogen-bond acceptors (Lipinski definition) is 3. The molecule has 0 aromatic carbocycles. The molecule has 0 saturated heterocycles. The Labute approximate surface area is 84.5 Å². The van der Waals surface area contributed by atoms with Gasteiger partial charge in [0.1, 0.15) is 5.54 Å². The van der Waals surface area contributed by atoms with Crippen LogP contribution >= 0.6 is 0 Å². The van der Waals surface area contributed by atoms with E-state index in [1.165, 1.54) is 4.68 Å². The van der Waals surface area contributed by atoms with Gasteiger partial charge in [-0.2, -0.15) is 13.2 Å². The molecule has 1 aromatic rings. The lowest BCUT2D eigenvalue weighted by Crippen LogP contribution is -2.44. The summed E-state index contributed by atoms with van der Waals surface area (Å²) in [6, 6.07) is 0. The molecule has 1 saturated carbocycles. The molecule has 1 aromatic heterocycles. The van der Waals surface area contributed by atoms with Crippen LogP contribution in [0.5, 0.6) is 0 Å². The minimum atomic E-state index is -4.17. The van der Waals surface area contributed by atoms with Crippen molar-refractivity contribution in [1.29, 1.82) is 0 Å². The van der Waals surface area contributed by atoms with Gasteiger partial charge in [0.25, 0.3) is 0 Å². The van der Waals surface area contributed by atoms with Gasteiger partial charge in [-0.05, 0) is 12.8 Å². The molecule has 0 atom stereocenters. The van der Waals surface area contributed by atoms with Crippen molar-refractivity contribution in [2.75, 3.05) is 0 Å². The fourth-order valence-corrected chi connectivity index (χ4v) is 1.42. The number of alkyl halides is 3. The highest BCUT2D eigenvalue weighted by molar-refractivity contribution is 5.09. The quantitative estimate of drug-likeness (QED) is 0.826. The van der Waals surface area contributed by atoms with Crippen molar-refractivity contribution in [3.05, 3.63) is 11.9 Å². The van der Waals surface area contributed by atoms with Crippen molar-refractivity contribution in [3.63, 3.8) is 0 Å². The van der Waals surface area contributed by atoms with E-state index in [1.807, 2.05) is 0 Å². The number of aromatic nitrogens is 3. The number of nitrogens with zero attached hydrogens (tertiary/aromatic N) is 3. The fourth-order valence-electron chi connectivity index (χ4n) is 1.42. The van der Waals surface area contributed by atoms with E-state index >= 15 is 0 Å². The first-order valence-corrected chi connectivity index (χ1v) is 4.60. The van der Waals surface area contributed by atoms with Gasteiger partial charge < -0.3 is 0 Å². The summed E-state index contributed by atoms with van der Waals surface area (Å²) in [7, 11) is 1.67. The molecule has 1 heterocycles. The Morgan fingerprint density at radius 3 is 2.60 bits per heavy atom. The van der Waals surface area contributed by atoms with Gasteiger partial charge in [-0.15, -0.1) is 5.10 Å². The van der Waals surface area contributed by atoms with Crippen molar-refractivity contribution in [2.24, 2.45) is 7.05 Å². The Bertz CT molecular complexity index is 353. The number of halogens is 3. The van der Waals surface area contributed by atoms with Crippen molar-refractivity contribution in [1.82, 2.24) is 20.3 Å². The smallest absolute Gasteiger partial charge is 0.298 e. The van der Waals surface area contributed by atoms with E-state index < -0.39 is 11.7 Å². The maximum Gasteiger partial charge on any atom is 0.406 e. The Morgan fingerprint density at radius 1 is 1.53 bits per heavy atom. The lowest BCUT2D eigenvalue weighted by Gasteiger charge is -2.19. The molecule has 0 radical (unpaired) electrons. The molecule has 1 aliphatic rings. The Balaban J connectivity index is 1.94. The standard InChI is InChI=1S/C8H11F3N4/c1-15-5-6(13-14-15)4-12-7(2-3-7)8(9,10)11/h5,12H,2-4H2,1H3. The normalized spacial score (nSPS) is 19.2. The summed E-state index contributed by atoms with van der Waals surface area (Å²) in [5.74, 6) is 0. The highest BCUT2D eigenvalue weighted by Gasteiger charge is 2.62. The molecule has 2 rings (SSSR count). The molecule has 1 N–H and O–H groups in total. The summed E-state index contributed by atoms with van der Waals surface area (Å²) in [5, 5.41) is 9.86. The van der Waals surface area contributed by atoms with Gasteiger partial charge in [0.05, 0.1) is 5.69 Å². The SMILES string of the molecule is Cn1cc(CNC2(C(F)(F)F)CC2)nn1. The van der Waals surface area contributed by atoms with Crippen LogP contribution in [0.3, 0.4) is 0 Å². The summed E-state index contributed by atoms with van der Waals surface area (Å²) in [6.07, 6.45) is -2.28. The molecule has 1 fully saturated rings. The van der Waals surface area contributed by atoms with E-state index in [2.05, 4.69) is 15.6 Å². The summed E-state index contributed by atoms with van der Waals surface area (Å²) in [5.41, 5.74) is -1.15. The van der Waals surface area contributed by atoms with E-state index in [-0.39, 0.29) is 19.4 Å². The van der Waals surface area contributed by atoms with Crippen LogP contribution in [0.15, 0.2) is 6.20 Å². The van der Waals surface area contributed by atoms with Crippen LogP contribution in [0.25, 0.3) is 0 Å². The Morgan fingerprint density at radius 2 is 2.20 bits per heavy atom. The third kappa shape index (κ3) is 1.97. The first-order valence-electron chi connectivity index (χ1n) is 4.60. The van der Waals surface area contributed by atoms with Crippen LogP contribution in [0.2, 0.25) is 0 Å². The first-order chi connectivity index (χ1) is 6.93. The van der Waals surface area contributed by atoms with E-state index in [1.54, 1.807) is 13.2 Å². The third-order valence-electron chi connectivity index (χ3n) is 2.55. The minimum Gasteiger partial charge on any atom is -0.298 e. The van der Waals surface area contributed by atoms with E-state index in [0.29, 0.717) is 5.69 Å². The van der Waals surface area contributed by atoms with Gasteiger partial charge in [-0.25, -0.2) is 0 Å². The Kier molecular flexibility index (Phi) is 2.22. The predicted molar refractivity (Wildman–Crippen MR) is 45.9 cm³/mol. The maximum absolute atomic E-state index is 12.5. The number of hydrogen-bond donors (Lipinski definition) is 1. The summed E-state index contributed by atoms with van der Waals surface area (Å²) in [6.45, 7) is 0.105. The summed E-state index contributed by atoms with van der Waals surface area (Å²) < 4.78 is 39.0. The van der Waals surface area contributed by atoms with Gasteiger partial charge in [-0.1, -0.05) is 5.21 Å². The molecular weight excluding hydrogens is 209 g/mol. The molecule has 7 heteroatoms. The zero-order valence-electron chi connectivity index (χ0n) is 8.17. The molecule has 0 spiro atoms. The summed E-state index contributed by atoms with van der Waals surface area (Å²) >= 11 is 0. The Hall–Kier alpha value is -1.11. The minimum absolute atomic E-state index is 0.105. The van der Waals surface area contributed by atoms with Crippen LogP contribution in [0, 0.1) is 0 Å². The lowest BCUT2D eigenvalue weighted by atomic mass is 10.2. The van der Waals surface area contributed by atoms with Crippen LogP contribution in [-0.2, 0) is 13.6 Å². The van der Waals surface area contributed by atoms with Crippen molar-refractivity contribution in [2.45, 2.75) is 31.1 Å². The van der Waals surface area contributed by atoms with Gasteiger partial charge in [0, 0.05) is 19.8 Å². The zero-order chi connectivity index (χ0) is 11.1. The highest BCUT2D eigenvalue weighted by Crippen LogP contribution is 2.48. The second kappa shape index (κ2) is 3.19. The maximum atomic E-state index is 12.5. The molecule has 0 unspecified atom stereocenters. The van der Waals surface area contributed by atoms with Gasteiger partial charge in [0.15, 0.2) is 0 Å². The van der Waals surface area contributed by atoms with Gasteiger partial charge in [0.2, 0.25) is 0 Å². The van der Waals surface area contributed by atoms with Crippen molar-refractivity contribution in [3.8, 4) is 0 Å². The van der Waals surface area contributed by atoms with Gasteiger partial charge >= 0.3 is 6.18 Å². The molecule has 0 amide bonds. The first kappa shape index (κ1) is 10.4. The molecule has 84 valence electrons. The molecule has 0 bridgehead atoms. The third-order valence-corrected chi connectivity index (χ3v) is 2.55. The average Bonchev–Trinajstić information content (AvgIpc) is 2.82. The monoisotopic (exact) mass is 220 g/mol. The van der Waals surface area contributed by atoms with Crippen LogP contribution < -0.4 is 5.32 Å². The van der Waals surface area contributed by atoms with Crippen LogP contribution in [0.1, 0.15) is 18.5 Å². The van der Waals surface area contributed by atoms with E-state index in [9.17, 15) is 13.2 Å². The molecule has 4 nitrogen and oxygen atoms in total. The largest absolute Gasteiger partial charge is 0.406 e. The van der Waals surface area contributed by atoms with E-state index in [4.69, 9.17) is 0 Å². The van der Waals surface area contributed by atoms with Gasteiger partial charge in [-0.3, -0.25) is 10.00 Å². The average molecular weight is 220 g/mol. The fraction of sp³-hybridized carbons (Fsp3) is 0.750.